The number of rotatable bonds is 10. The molecule has 0 unspecified atom stereocenters. The van der Waals surface area contributed by atoms with Crippen LogP contribution in [0.4, 0.5) is 13.6 Å². The van der Waals surface area contributed by atoms with Gasteiger partial charge in [0.1, 0.15) is 29.6 Å². The third-order valence-electron chi connectivity index (χ3n) is 5.36. The number of alkyl carbamates (subject to hydrolysis) is 1. The first-order valence-electron chi connectivity index (χ1n) is 12.2. The number of esters is 1. The molecular weight excluding hydrogens is 564 g/mol. The number of nitrogens with one attached hydrogen (secondary N) is 1. The van der Waals surface area contributed by atoms with Crippen molar-refractivity contribution in [2.45, 2.75) is 37.0 Å². The molecule has 0 atom stereocenters. The Morgan fingerprint density at radius 1 is 1.00 bits per heavy atom. The van der Waals surface area contributed by atoms with Crippen molar-refractivity contribution in [2.24, 2.45) is 0 Å². The van der Waals surface area contributed by atoms with Gasteiger partial charge in [0.25, 0.3) is 0 Å². The molecule has 0 spiro atoms. The lowest BCUT2D eigenvalue weighted by Gasteiger charge is -2.20. The third kappa shape index (κ3) is 8.25. The summed E-state index contributed by atoms with van der Waals surface area (Å²) in [6, 6.07) is 12.0. The summed E-state index contributed by atoms with van der Waals surface area (Å²) in [6.07, 6.45) is -0.578. The third-order valence-corrected chi connectivity index (χ3v) is 6.71. The van der Waals surface area contributed by atoms with E-state index in [0.29, 0.717) is 22.0 Å². The van der Waals surface area contributed by atoms with Gasteiger partial charge in [-0.3, -0.25) is 0 Å². The first-order chi connectivity index (χ1) is 18.9. The maximum Gasteiger partial charge on any atom is 0.407 e. The second-order valence-corrected chi connectivity index (χ2v) is 10.9. The Morgan fingerprint density at radius 2 is 1.73 bits per heavy atom. The van der Waals surface area contributed by atoms with Crippen LogP contribution in [0.15, 0.2) is 53.4 Å². The standard InChI is InChI=1S/C29H30ClF2NO6S/c1-29(2,3)39-28(35)33-10-11-38-24-9-7-6-8-19(24)20-12-18(22(31)15-23(20)32)16-40-25-14-17(27(34)37-5)13-21(30)26(25)36-4/h6-9,12-15H,10-11,16H2,1-5H3,(H,33,35). The number of halogens is 3. The second-order valence-electron chi connectivity index (χ2n) is 9.47. The van der Waals surface area contributed by atoms with E-state index >= 15 is 0 Å². The highest BCUT2D eigenvalue weighted by molar-refractivity contribution is 7.98. The van der Waals surface area contributed by atoms with Gasteiger partial charge in [-0.1, -0.05) is 29.8 Å². The van der Waals surface area contributed by atoms with Crippen molar-refractivity contribution in [2.75, 3.05) is 27.4 Å². The molecule has 3 rings (SSSR count). The van der Waals surface area contributed by atoms with Crippen LogP contribution < -0.4 is 14.8 Å². The van der Waals surface area contributed by atoms with Gasteiger partial charge >= 0.3 is 12.1 Å². The molecule has 0 bridgehead atoms. The largest absolute Gasteiger partial charge is 0.494 e. The maximum absolute atomic E-state index is 15.0. The summed E-state index contributed by atoms with van der Waals surface area (Å²) in [7, 11) is 2.68. The van der Waals surface area contributed by atoms with E-state index in [4.69, 9.17) is 30.5 Å². The number of benzene rings is 3. The molecule has 0 aliphatic rings. The Kier molecular flexibility index (Phi) is 10.6. The highest BCUT2D eigenvalue weighted by Crippen LogP contribution is 2.40. The lowest BCUT2D eigenvalue weighted by Crippen LogP contribution is -2.34. The number of para-hydroxylation sites is 1. The molecule has 0 aliphatic carbocycles. The van der Waals surface area contributed by atoms with E-state index in [9.17, 15) is 18.4 Å². The summed E-state index contributed by atoms with van der Waals surface area (Å²) in [5.74, 6) is -1.32. The minimum absolute atomic E-state index is 0.0826. The molecule has 0 saturated heterocycles. The molecule has 0 radical (unpaired) electrons. The Balaban J connectivity index is 1.80. The Morgan fingerprint density at radius 3 is 2.40 bits per heavy atom. The Labute approximate surface area is 241 Å². The average molecular weight is 594 g/mol. The number of thioether (sulfide) groups is 1. The molecule has 1 amide bonds. The minimum atomic E-state index is -0.762. The van der Waals surface area contributed by atoms with Crippen LogP contribution in [0.3, 0.4) is 0 Å². The van der Waals surface area contributed by atoms with E-state index in [0.717, 1.165) is 6.07 Å². The van der Waals surface area contributed by atoms with Gasteiger partial charge in [-0.05, 0) is 50.6 Å². The number of hydrogen-bond donors (Lipinski definition) is 1. The van der Waals surface area contributed by atoms with E-state index in [1.54, 1.807) is 45.0 Å². The molecule has 7 nitrogen and oxygen atoms in total. The molecule has 0 heterocycles. The van der Waals surface area contributed by atoms with E-state index < -0.39 is 29.3 Å². The van der Waals surface area contributed by atoms with Gasteiger partial charge in [-0.15, -0.1) is 11.8 Å². The van der Waals surface area contributed by atoms with E-state index in [1.165, 1.54) is 44.2 Å². The lowest BCUT2D eigenvalue weighted by molar-refractivity contribution is 0.0519. The van der Waals surface area contributed by atoms with Crippen molar-refractivity contribution >= 4 is 35.4 Å². The zero-order valence-electron chi connectivity index (χ0n) is 22.7. The van der Waals surface area contributed by atoms with Crippen LogP contribution in [-0.4, -0.2) is 45.0 Å². The number of amides is 1. The van der Waals surface area contributed by atoms with Crippen LogP contribution in [0.1, 0.15) is 36.7 Å². The van der Waals surface area contributed by atoms with Crippen molar-refractivity contribution < 1.29 is 37.3 Å². The first-order valence-corrected chi connectivity index (χ1v) is 13.6. The average Bonchev–Trinajstić information content (AvgIpc) is 2.89. The summed E-state index contributed by atoms with van der Waals surface area (Å²) in [5.41, 5.74) is 0.348. The van der Waals surface area contributed by atoms with E-state index in [2.05, 4.69) is 5.32 Å². The van der Waals surface area contributed by atoms with Crippen molar-refractivity contribution in [3.8, 4) is 22.6 Å². The number of hydrogen-bond acceptors (Lipinski definition) is 7. The molecule has 0 fully saturated rings. The minimum Gasteiger partial charge on any atom is -0.494 e. The van der Waals surface area contributed by atoms with Crippen molar-refractivity contribution in [3.63, 3.8) is 0 Å². The summed E-state index contributed by atoms with van der Waals surface area (Å²) in [5, 5.41) is 2.79. The Bertz CT molecular complexity index is 1380. The predicted octanol–water partition coefficient (Wildman–Crippen LogP) is 7.28. The smallest absolute Gasteiger partial charge is 0.407 e. The van der Waals surface area contributed by atoms with Crippen LogP contribution in [0.25, 0.3) is 11.1 Å². The topological polar surface area (TPSA) is 83.1 Å². The number of ether oxygens (including phenoxy) is 4. The van der Waals surface area contributed by atoms with Gasteiger partial charge in [0, 0.05) is 22.9 Å². The number of carbonyl (C=O) groups excluding carboxylic acids is 2. The molecule has 1 N–H and O–H groups in total. The predicted molar refractivity (Wildman–Crippen MR) is 150 cm³/mol. The van der Waals surface area contributed by atoms with Crippen LogP contribution in [0.2, 0.25) is 5.02 Å². The normalized spacial score (nSPS) is 11.1. The van der Waals surface area contributed by atoms with Crippen LogP contribution in [0.5, 0.6) is 11.5 Å². The first kappa shape index (κ1) is 31.0. The molecule has 214 valence electrons. The molecule has 3 aromatic carbocycles. The van der Waals surface area contributed by atoms with Gasteiger partial charge in [-0.25, -0.2) is 18.4 Å². The summed E-state index contributed by atoms with van der Waals surface area (Å²) >= 11 is 7.45. The van der Waals surface area contributed by atoms with Crippen LogP contribution in [-0.2, 0) is 15.2 Å². The van der Waals surface area contributed by atoms with Crippen LogP contribution in [0, 0.1) is 11.6 Å². The van der Waals surface area contributed by atoms with Gasteiger partial charge in [0.05, 0.1) is 36.2 Å². The fraction of sp³-hybridized carbons (Fsp3) is 0.310. The fourth-order valence-electron chi connectivity index (χ4n) is 3.62. The van der Waals surface area contributed by atoms with Crippen molar-refractivity contribution in [3.05, 3.63) is 76.3 Å². The summed E-state index contributed by atoms with van der Waals surface area (Å²) < 4.78 is 51.0. The molecule has 0 aromatic heterocycles. The van der Waals surface area contributed by atoms with Gasteiger partial charge < -0.3 is 24.3 Å². The zero-order valence-corrected chi connectivity index (χ0v) is 24.3. The van der Waals surface area contributed by atoms with Crippen molar-refractivity contribution in [1.82, 2.24) is 5.32 Å². The zero-order chi connectivity index (χ0) is 29.4. The monoisotopic (exact) mass is 593 g/mol. The molecule has 11 heteroatoms. The molecule has 0 aliphatic heterocycles. The van der Waals surface area contributed by atoms with Crippen LogP contribution >= 0.6 is 23.4 Å². The lowest BCUT2D eigenvalue weighted by atomic mass is 10.0. The highest BCUT2D eigenvalue weighted by Gasteiger charge is 2.19. The van der Waals surface area contributed by atoms with E-state index in [1.807, 2.05) is 0 Å². The summed E-state index contributed by atoms with van der Waals surface area (Å²) in [6.45, 7) is 5.53. The number of methoxy groups -OCH3 is 2. The van der Waals surface area contributed by atoms with E-state index in [-0.39, 0.29) is 40.6 Å². The highest BCUT2D eigenvalue weighted by atomic mass is 35.5. The SMILES string of the molecule is COC(=O)c1cc(Cl)c(OC)c(SCc2cc(-c3ccccc3OCCNC(=O)OC(C)(C)C)c(F)cc2F)c1. The maximum atomic E-state index is 15.0. The number of carbonyl (C=O) groups is 2. The summed E-state index contributed by atoms with van der Waals surface area (Å²) in [4.78, 5) is 24.4. The van der Waals surface area contributed by atoms with Gasteiger partial charge in [0.15, 0.2) is 5.75 Å². The second kappa shape index (κ2) is 13.7. The fourth-order valence-corrected chi connectivity index (χ4v) is 5.04. The molecule has 3 aromatic rings. The molecule has 0 saturated carbocycles. The molecule has 40 heavy (non-hydrogen) atoms. The Hall–Kier alpha value is -3.50. The van der Waals surface area contributed by atoms with Gasteiger partial charge in [-0.2, -0.15) is 0 Å². The quantitative estimate of drug-likeness (QED) is 0.150. The molecular formula is C29H30ClF2NO6S. The van der Waals surface area contributed by atoms with Crippen molar-refractivity contribution in [1.29, 1.82) is 0 Å². The van der Waals surface area contributed by atoms with Gasteiger partial charge in [0.2, 0.25) is 0 Å².